The van der Waals surface area contributed by atoms with Gasteiger partial charge in [0.25, 0.3) is 0 Å². The zero-order valence-corrected chi connectivity index (χ0v) is 22.0. The van der Waals surface area contributed by atoms with E-state index in [1.807, 2.05) is 0 Å². The van der Waals surface area contributed by atoms with Gasteiger partial charge in [-0.25, -0.2) is 0 Å². The average Bonchev–Trinajstić information content (AvgIpc) is 2.75. The molecule has 4 nitrogen and oxygen atoms in total. The van der Waals surface area contributed by atoms with E-state index in [4.69, 9.17) is 9.47 Å². The summed E-state index contributed by atoms with van der Waals surface area (Å²) in [5.74, 6) is 5.94. The molecular formula is C32H44O4. The molecule has 0 aliphatic heterocycles. The van der Waals surface area contributed by atoms with Gasteiger partial charge in [-0.2, -0.15) is 0 Å². The minimum Gasteiger partial charge on any atom is -0.458 e. The fourth-order valence-electron chi connectivity index (χ4n) is 13.7. The monoisotopic (exact) mass is 492 g/mol. The van der Waals surface area contributed by atoms with Gasteiger partial charge >= 0.3 is 11.9 Å². The Bertz CT molecular complexity index is 849. The van der Waals surface area contributed by atoms with Crippen LogP contribution in [-0.2, 0) is 19.1 Å². The molecule has 12 fully saturated rings. The van der Waals surface area contributed by atoms with Crippen LogP contribution < -0.4 is 0 Å². The van der Waals surface area contributed by atoms with Crippen molar-refractivity contribution in [2.45, 2.75) is 127 Å². The molecule has 12 bridgehead atoms. The molecule has 0 N–H and O–H groups in total. The number of hydrogen-bond donors (Lipinski definition) is 0. The van der Waals surface area contributed by atoms with E-state index in [1.54, 1.807) is 0 Å². The summed E-state index contributed by atoms with van der Waals surface area (Å²) in [5, 5.41) is 0. The Balaban J connectivity index is 0.970. The smallest absolute Gasteiger partial charge is 0.312 e. The standard InChI is InChI=1S/C32H44O4/c33-27(29-8-19-1-20(9-29)3-21(2-19)10-29)35-31-14-25-7-26(15-31)17-32(16-25,18-31)36-28(34)30-11-22-4-23(12-30)6-24(5-22)13-30/h19-26H,1-18H2. The highest BCUT2D eigenvalue weighted by Gasteiger charge is 2.65. The SMILES string of the molecule is O=C(OC12CC3CC(C1)CC(OC(=O)C14CC5CC(CC(C5)C1)C4)(C3)C2)C12CC3CC(CC(C3)C1)C2. The molecule has 0 radical (unpaired) electrons. The average molecular weight is 493 g/mol. The Hall–Kier alpha value is -1.06. The van der Waals surface area contributed by atoms with E-state index in [-0.39, 0.29) is 34.0 Å². The molecule has 0 aromatic carbocycles. The Morgan fingerprint density at radius 1 is 0.417 bits per heavy atom. The van der Waals surface area contributed by atoms with Crippen molar-refractivity contribution in [3.63, 3.8) is 0 Å². The van der Waals surface area contributed by atoms with Crippen molar-refractivity contribution in [2.24, 2.45) is 58.2 Å². The Morgan fingerprint density at radius 3 is 1.00 bits per heavy atom. The lowest BCUT2D eigenvalue weighted by molar-refractivity contribution is -0.247. The highest BCUT2D eigenvalue weighted by atomic mass is 16.6. The van der Waals surface area contributed by atoms with E-state index in [9.17, 15) is 9.59 Å². The van der Waals surface area contributed by atoms with E-state index in [0.29, 0.717) is 11.8 Å². The van der Waals surface area contributed by atoms with Crippen molar-refractivity contribution >= 4 is 11.9 Å². The summed E-state index contributed by atoms with van der Waals surface area (Å²) in [7, 11) is 0. The van der Waals surface area contributed by atoms with Crippen LogP contribution in [-0.4, -0.2) is 23.1 Å². The van der Waals surface area contributed by atoms with Crippen molar-refractivity contribution < 1.29 is 19.1 Å². The minimum atomic E-state index is -0.369. The van der Waals surface area contributed by atoms with Crippen molar-refractivity contribution in [1.29, 1.82) is 0 Å². The molecule has 12 saturated carbocycles. The number of hydrogen-bond acceptors (Lipinski definition) is 4. The summed E-state index contributed by atoms with van der Waals surface area (Å²) < 4.78 is 13.5. The first kappa shape index (κ1) is 21.8. The van der Waals surface area contributed by atoms with Crippen LogP contribution in [0.5, 0.6) is 0 Å². The number of ether oxygens (including phenoxy) is 2. The molecule has 0 aromatic heterocycles. The van der Waals surface area contributed by atoms with Crippen LogP contribution in [0.4, 0.5) is 0 Å². The molecule has 12 aliphatic carbocycles. The van der Waals surface area contributed by atoms with Gasteiger partial charge in [0.2, 0.25) is 0 Å². The van der Waals surface area contributed by atoms with Gasteiger partial charge in [-0.1, -0.05) is 0 Å². The van der Waals surface area contributed by atoms with Gasteiger partial charge in [-0.05, 0) is 156 Å². The quantitative estimate of drug-likeness (QED) is 0.415. The summed E-state index contributed by atoms with van der Waals surface area (Å²) in [6, 6.07) is 0. The Labute approximate surface area is 216 Å². The van der Waals surface area contributed by atoms with Gasteiger partial charge in [0, 0.05) is 6.42 Å². The molecular weight excluding hydrogens is 448 g/mol. The molecule has 0 atom stereocenters. The van der Waals surface area contributed by atoms with E-state index in [2.05, 4.69) is 0 Å². The second kappa shape index (κ2) is 6.92. The molecule has 196 valence electrons. The lowest BCUT2D eigenvalue weighted by Crippen LogP contribution is -2.64. The number of carbonyl (C=O) groups excluding carboxylic acids is 2. The zero-order chi connectivity index (χ0) is 23.9. The predicted molar refractivity (Wildman–Crippen MR) is 134 cm³/mol. The normalized spacial score (nSPS) is 58.9. The van der Waals surface area contributed by atoms with E-state index >= 15 is 0 Å². The molecule has 12 aliphatic rings. The summed E-state index contributed by atoms with van der Waals surface area (Å²) in [6.07, 6.45) is 20.6. The Morgan fingerprint density at radius 2 is 0.694 bits per heavy atom. The lowest BCUT2D eigenvalue weighted by Gasteiger charge is -2.62. The largest absolute Gasteiger partial charge is 0.458 e. The molecule has 0 unspecified atom stereocenters. The van der Waals surface area contributed by atoms with Gasteiger partial charge in [-0.3, -0.25) is 9.59 Å². The summed E-state index contributed by atoms with van der Waals surface area (Å²) in [6.45, 7) is 0. The van der Waals surface area contributed by atoms with Gasteiger partial charge in [0.05, 0.1) is 10.8 Å². The van der Waals surface area contributed by atoms with Crippen molar-refractivity contribution in [1.82, 2.24) is 0 Å². The van der Waals surface area contributed by atoms with Gasteiger partial charge < -0.3 is 9.47 Å². The van der Waals surface area contributed by atoms with Crippen LogP contribution in [0, 0.1) is 58.2 Å². The molecule has 36 heavy (non-hydrogen) atoms. The molecule has 0 spiro atoms. The first-order chi connectivity index (χ1) is 17.3. The topological polar surface area (TPSA) is 52.6 Å². The van der Waals surface area contributed by atoms with Crippen LogP contribution >= 0.6 is 0 Å². The second-order valence-electron chi connectivity index (χ2n) is 16.5. The van der Waals surface area contributed by atoms with Crippen LogP contribution in [0.3, 0.4) is 0 Å². The molecule has 0 aromatic rings. The maximum atomic E-state index is 14.0. The van der Waals surface area contributed by atoms with E-state index in [1.165, 1.54) is 44.9 Å². The second-order valence-corrected chi connectivity index (χ2v) is 16.5. The van der Waals surface area contributed by atoms with Gasteiger partial charge in [0.15, 0.2) is 0 Å². The number of esters is 2. The molecule has 0 saturated heterocycles. The minimum absolute atomic E-state index is 0.145. The third kappa shape index (κ3) is 3.05. The Kier molecular flexibility index (Phi) is 4.20. The van der Waals surface area contributed by atoms with Crippen molar-refractivity contribution in [2.75, 3.05) is 0 Å². The molecule has 0 amide bonds. The summed E-state index contributed by atoms with van der Waals surface area (Å²) in [5.41, 5.74) is -1.12. The fourth-order valence-corrected chi connectivity index (χ4v) is 13.7. The summed E-state index contributed by atoms with van der Waals surface area (Å²) >= 11 is 0. The van der Waals surface area contributed by atoms with Crippen LogP contribution in [0.2, 0.25) is 0 Å². The maximum absolute atomic E-state index is 14.0. The van der Waals surface area contributed by atoms with Crippen molar-refractivity contribution in [3.05, 3.63) is 0 Å². The highest BCUT2D eigenvalue weighted by Crippen LogP contribution is 2.65. The first-order valence-electron chi connectivity index (χ1n) is 15.8. The van der Waals surface area contributed by atoms with Crippen molar-refractivity contribution in [3.8, 4) is 0 Å². The lowest BCUT2D eigenvalue weighted by atomic mass is 9.49. The third-order valence-corrected chi connectivity index (χ3v) is 13.5. The zero-order valence-electron chi connectivity index (χ0n) is 22.0. The summed E-state index contributed by atoms with van der Waals surface area (Å²) in [4.78, 5) is 28.0. The maximum Gasteiger partial charge on any atom is 0.312 e. The number of rotatable bonds is 4. The molecule has 0 heterocycles. The van der Waals surface area contributed by atoms with E-state index in [0.717, 1.165) is 106 Å². The van der Waals surface area contributed by atoms with Crippen LogP contribution in [0.15, 0.2) is 0 Å². The number of carbonyl (C=O) groups is 2. The molecule has 4 heteroatoms. The van der Waals surface area contributed by atoms with Crippen LogP contribution in [0.25, 0.3) is 0 Å². The predicted octanol–water partition coefficient (Wildman–Crippen LogP) is 6.60. The first-order valence-corrected chi connectivity index (χ1v) is 15.8. The van der Waals surface area contributed by atoms with Gasteiger partial charge in [-0.15, -0.1) is 0 Å². The highest BCUT2D eigenvalue weighted by molar-refractivity contribution is 5.79. The fraction of sp³-hybridized carbons (Fsp3) is 0.938. The molecule has 12 rings (SSSR count). The third-order valence-electron chi connectivity index (χ3n) is 13.5. The van der Waals surface area contributed by atoms with E-state index < -0.39 is 0 Å². The van der Waals surface area contributed by atoms with Gasteiger partial charge in [0.1, 0.15) is 11.2 Å². The van der Waals surface area contributed by atoms with Crippen LogP contribution in [0.1, 0.15) is 116 Å².